The largest absolute Gasteiger partial charge is 0.456 e. The average Bonchev–Trinajstić information content (AvgIpc) is 3.24. The topological polar surface area (TPSA) is 118 Å². The Hall–Kier alpha value is -2.75. The summed E-state index contributed by atoms with van der Waals surface area (Å²) in [5.41, 5.74) is 1.61. The van der Waals surface area contributed by atoms with E-state index >= 15 is 0 Å². The Bertz CT molecular complexity index is 1050. The number of amides is 3. The van der Waals surface area contributed by atoms with Crippen molar-refractivity contribution in [2.45, 2.75) is 52.0 Å². The Morgan fingerprint density at radius 2 is 1.88 bits per heavy atom. The van der Waals surface area contributed by atoms with Crippen molar-refractivity contribution in [3.63, 3.8) is 0 Å². The molecule has 0 aliphatic carbocycles. The maximum atomic E-state index is 12.6. The predicted octanol–water partition coefficient (Wildman–Crippen LogP) is 1.73. The predicted molar refractivity (Wildman–Crippen MR) is 120 cm³/mol. The first kappa shape index (κ1) is 24.9. The Morgan fingerprint density at radius 1 is 1.15 bits per heavy atom. The molecule has 1 unspecified atom stereocenters. The average molecular weight is 479 g/mol. The Labute approximate surface area is 194 Å². The molecule has 1 aromatic carbocycles. The fourth-order valence-corrected chi connectivity index (χ4v) is 5.88. The minimum atomic E-state index is -3.14. The van der Waals surface area contributed by atoms with Crippen LogP contribution in [0.5, 0.6) is 0 Å². The van der Waals surface area contributed by atoms with Gasteiger partial charge in [-0.15, -0.1) is 0 Å². The van der Waals surface area contributed by atoms with E-state index in [4.69, 9.17) is 4.74 Å². The Balaban J connectivity index is 1.46. The van der Waals surface area contributed by atoms with Crippen LogP contribution in [0.15, 0.2) is 18.2 Å². The highest BCUT2D eigenvalue weighted by molar-refractivity contribution is 7.91. The molecule has 1 saturated heterocycles. The van der Waals surface area contributed by atoms with Crippen LogP contribution in [0.25, 0.3) is 0 Å². The molecule has 180 valence electrons. The van der Waals surface area contributed by atoms with Crippen LogP contribution in [-0.2, 0) is 24.2 Å². The van der Waals surface area contributed by atoms with Gasteiger partial charge in [0.25, 0.3) is 17.7 Å². The fourth-order valence-electron chi connectivity index (χ4n) is 4.15. The van der Waals surface area contributed by atoms with Crippen molar-refractivity contribution < 1.29 is 32.3 Å². The molecule has 1 fully saturated rings. The van der Waals surface area contributed by atoms with Crippen molar-refractivity contribution in [2.24, 2.45) is 0 Å². The third kappa shape index (κ3) is 5.98. The number of fused-ring (bicyclic) bond motifs is 1. The number of rotatable bonds is 10. The molecule has 0 radical (unpaired) electrons. The van der Waals surface area contributed by atoms with Crippen LogP contribution in [0, 0.1) is 6.92 Å². The molecule has 1 aromatic rings. The monoisotopic (exact) mass is 478 g/mol. The molecule has 2 heterocycles. The number of unbranched alkanes of at least 4 members (excludes halogenated alkanes) is 1. The van der Waals surface area contributed by atoms with Gasteiger partial charge in [0.2, 0.25) is 0 Å². The van der Waals surface area contributed by atoms with Crippen LogP contribution >= 0.6 is 0 Å². The molecule has 0 saturated carbocycles. The lowest BCUT2D eigenvalue weighted by molar-refractivity contribution is -0.153. The van der Waals surface area contributed by atoms with Gasteiger partial charge >= 0.3 is 5.97 Å². The van der Waals surface area contributed by atoms with E-state index in [0.717, 1.165) is 23.3 Å². The third-order valence-electron chi connectivity index (χ3n) is 5.97. The van der Waals surface area contributed by atoms with Crippen molar-refractivity contribution in [3.05, 3.63) is 34.9 Å². The molecule has 9 nitrogen and oxygen atoms in total. The number of esters is 1. The second-order valence-electron chi connectivity index (χ2n) is 8.57. The van der Waals surface area contributed by atoms with Crippen LogP contribution in [0.1, 0.15) is 65.3 Å². The van der Waals surface area contributed by atoms with Gasteiger partial charge in [-0.3, -0.25) is 24.1 Å². The lowest BCUT2D eigenvalue weighted by Crippen LogP contribution is -2.43. The number of ether oxygens (including phenoxy) is 1. The molecule has 0 aromatic heterocycles. The molecular weight excluding hydrogens is 448 g/mol. The van der Waals surface area contributed by atoms with Crippen LogP contribution in [0.4, 0.5) is 0 Å². The summed E-state index contributed by atoms with van der Waals surface area (Å²) < 4.78 is 28.7. The molecular formula is C23H30N2O7S. The summed E-state index contributed by atoms with van der Waals surface area (Å²) in [7, 11) is -3.14. The van der Waals surface area contributed by atoms with Gasteiger partial charge < -0.3 is 9.64 Å². The van der Waals surface area contributed by atoms with Crippen LogP contribution in [-0.4, -0.2) is 79.2 Å². The number of hydrogen-bond donors (Lipinski definition) is 0. The number of aryl methyl sites for hydroxylation is 1. The van der Waals surface area contributed by atoms with E-state index in [2.05, 4.69) is 0 Å². The molecule has 2 aliphatic heterocycles. The summed E-state index contributed by atoms with van der Waals surface area (Å²) in [5, 5.41) is 0. The second-order valence-corrected chi connectivity index (χ2v) is 10.8. The first-order valence-corrected chi connectivity index (χ1v) is 13.1. The van der Waals surface area contributed by atoms with Crippen molar-refractivity contribution >= 4 is 33.5 Å². The van der Waals surface area contributed by atoms with Crippen LogP contribution in [0.3, 0.4) is 0 Å². The molecule has 10 heteroatoms. The van der Waals surface area contributed by atoms with Gasteiger partial charge in [-0.05, 0) is 38.3 Å². The molecule has 0 spiro atoms. The van der Waals surface area contributed by atoms with Gasteiger partial charge in [0.1, 0.15) is 0 Å². The number of carbonyl (C=O) groups is 4. The number of carbonyl (C=O) groups excluding carboxylic acids is 4. The maximum absolute atomic E-state index is 12.6. The molecule has 33 heavy (non-hydrogen) atoms. The highest BCUT2D eigenvalue weighted by atomic mass is 32.2. The Kier molecular flexibility index (Phi) is 7.88. The van der Waals surface area contributed by atoms with Gasteiger partial charge in [-0.1, -0.05) is 25.0 Å². The second kappa shape index (κ2) is 10.5. The van der Waals surface area contributed by atoms with Crippen molar-refractivity contribution in [1.82, 2.24) is 9.80 Å². The zero-order valence-corrected chi connectivity index (χ0v) is 19.9. The van der Waals surface area contributed by atoms with E-state index in [-0.39, 0.29) is 48.7 Å². The first-order valence-electron chi connectivity index (χ1n) is 11.3. The van der Waals surface area contributed by atoms with E-state index in [0.29, 0.717) is 24.1 Å². The molecule has 3 amide bonds. The standard InChI is InChI=1S/C23H30N2O7S/c1-3-4-10-24(17-9-12-33(30,31)15-17)20(26)14-32-21(27)6-5-11-25-22(28)18-8-7-16(2)13-19(18)23(25)29/h7-8,13,17H,3-6,9-12,14-15H2,1-2H3. The fraction of sp³-hybridized carbons (Fsp3) is 0.565. The summed E-state index contributed by atoms with van der Waals surface area (Å²) in [5.74, 6) is -1.77. The molecule has 0 N–H and O–H groups in total. The molecule has 2 aliphatic rings. The van der Waals surface area contributed by atoms with Crippen molar-refractivity contribution in [3.8, 4) is 0 Å². The smallest absolute Gasteiger partial charge is 0.306 e. The Morgan fingerprint density at radius 3 is 2.55 bits per heavy atom. The van der Waals surface area contributed by atoms with Gasteiger partial charge in [-0.25, -0.2) is 8.42 Å². The van der Waals surface area contributed by atoms with E-state index in [1.54, 1.807) is 18.2 Å². The lowest BCUT2D eigenvalue weighted by atomic mass is 10.1. The summed E-state index contributed by atoms with van der Waals surface area (Å²) in [4.78, 5) is 52.3. The number of imide groups is 1. The maximum Gasteiger partial charge on any atom is 0.306 e. The number of hydrogen-bond acceptors (Lipinski definition) is 7. The number of sulfone groups is 1. The highest BCUT2D eigenvalue weighted by Gasteiger charge is 2.36. The summed E-state index contributed by atoms with van der Waals surface area (Å²) >= 11 is 0. The number of nitrogens with zero attached hydrogens (tertiary/aromatic N) is 2. The number of benzene rings is 1. The van der Waals surface area contributed by atoms with Crippen LogP contribution < -0.4 is 0 Å². The summed E-state index contributed by atoms with van der Waals surface area (Å²) in [6.07, 6.45) is 2.15. The van der Waals surface area contributed by atoms with Gasteiger partial charge in [-0.2, -0.15) is 0 Å². The van der Waals surface area contributed by atoms with E-state index in [1.807, 2.05) is 13.8 Å². The van der Waals surface area contributed by atoms with Crippen molar-refractivity contribution in [2.75, 3.05) is 31.2 Å². The van der Waals surface area contributed by atoms with Gasteiger partial charge in [0, 0.05) is 25.6 Å². The first-order chi connectivity index (χ1) is 15.6. The molecule has 3 rings (SSSR count). The van der Waals surface area contributed by atoms with Crippen molar-refractivity contribution in [1.29, 1.82) is 0 Å². The molecule has 1 atom stereocenters. The van der Waals surface area contributed by atoms with Gasteiger partial charge in [0.05, 0.1) is 22.6 Å². The quantitative estimate of drug-likeness (QED) is 0.371. The minimum absolute atomic E-state index is 0.0491. The molecule has 0 bridgehead atoms. The van der Waals surface area contributed by atoms with Crippen LogP contribution in [0.2, 0.25) is 0 Å². The third-order valence-corrected chi connectivity index (χ3v) is 7.72. The highest BCUT2D eigenvalue weighted by Crippen LogP contribution is 2.24. The van der Waals surface area contributed by atoms with E-state index < -0.39 is 28.3 Å². The SMILES string of the molecule is CCCCN(C(=O)COC(=O)CCCN1C(=O)c2ccc(C)cc2C1=O)C1CCS(=O)(=O)C1. The minimum Gasteiger partial charge on any atom is -0.456 e. The summed E-state index contributed by atoms with van der Waals surface area (Å²) in [6, 6.07) is 4.69. The van der Waals surface area contributed by atoms with E-state index in [9.17, 15) is 27.6 Å². The zero-order valence-electron chi connectivity index (χ0n) is 19.0. The lowest BCUT2D eigenvalue weighted by Gasteiger charge is -2.28. The summed E-state index contributed by atoms with van der Waals surface area (Å²) in [6.45, 7) is 3.87. The normalized spacial score (nSPS) is 19.0. The van der Waals surface area contributed by atoms with Gasteiger partial charge in [0.15, 0.2) is 16.4 Å². The van der Waals surface area contributed by atoms with E-state index in [1.165, 1.54) is 4.90 Å². The zero-order chi connectivity index (χ0) is 24.2.